The molecular weight excluding hydrogens is 460 g/mol. The van der Waals surface area contributed by atoms with Gasteiger partial charge in [-0.15, -0.1) is 0 Å². The van der Waals surface area contributed by atoms with Crippen LogP contribution in [-0.4, -0.2) is 18.9 Å². The Bertz CT molecular complexity index is 1410. The molecule has 35 heavy (non-hydrogen) atoms. The van der Waals surface area contributed by atoms with Crippen molar-refractivity contribution in [1.29, 1.82) is 5.26 Å². The molecule has 0 saturated carbocycles. The van der Waals surface area contributed by atoms with Crippen LogP contribution in [-0.2, 0) is 21.4 Å². The van der Waals surface area contributed by atoms with E-state index in [4.69, 9.17) is 0 Å². The Morgan fingerprint density at radius 2 is 1.69 bits per heavy atom. The van der Waals surface area contributed by atoms with Crippen LogP contribution in [0.3, 0.4) is 0 Å². The molecule has 1 amide bonds. The van der Waals surface area contributed by atoms with Gasteiger partial charge in [0.05, 0.1) is 10.6 Å². The van der Waals surface area contributed by atoms with Gasteiger partial charge in [0, 0.05) is 23.6 Å². The third-order valence-electron chi connectivity index (χ3n) is 5.86. The fraction of sp³-hybridized carbons (Fsp3) is 0.259. The first-order valence-corrected chi connectivity index (χ1v) is 12.8. The third kappa shape index (κ3) is 5.81. The monoisotopic (exact) mass is 490 g/mol. The minimum absolute atomic E-state index is 0.0323. The molecule has 1 aromatic heterocycles. The molecule has 0 saturated heterocycles. The number of nitriles is 1. The molecule has 0 radical (unpaired) electrons. The molecule has 2 N–H and O–H groups in total. The summed E-state index contributed by atoms with van der Waals surface area (Å²) in [4.78, 5) is 12.8. The van der Waals surface area contributed by atoms with Crippen LogP contribution in [0.2, 0.25) is 0 Å². The summed E-state index contributed by atoms with van der Waals surface area (Å²) in [5, 5.41) is 12.2. The zero-order valence-electron chi connectivity index (χ0n) is 20.6. The Morgan fingerprint density at radius 1 is 1.06 bits per heavy atom. The molecule has 182 valence electrons. The first-order chi connectivity index (χ1) is 16.6. The van der Waals surface area contributed by atoms with Crippen LogP contribution < -0.4 is 10.0 Å². The maximum atomic E-state index is 12.9. The van der Waals surface area contributed by atoms with Crippen molar-refractivity contribution in [2.24, 2.45) is 0 Å². The highest BCUT2D eigenvalue weighted by molar-refractivity contribution is 7.92. The van der Waals surface area contributed by atoms with Gasteiger partial charge in [0.2, 0.25) is 0 Å². The van der Waals surface area contributed by atoms with Crippen molar-refractivity contribution in [3.05, 3.63) is 82.2 Å². The smallest absolute Gasteiger partial charge is 0.266 e. The second kappa shape index (κ2) is 10.6. The first kappa shape index (κ1) is 25.8. The van der Waals surface area contributed by atoms with E-state index in [-0.39, 0.29) is 10.5 Å². The molecule has 0 spiro atoms. The lowest BCUT2D eigenvalue weighted by atomic mass is 10.1. The maximum absolute atomic E-state index is 12.9. The lowest BCUT2D eigenvalue weighted by Gasteiger charge is -2.13. The van der Waals surface area contributed by atoms with Crippen molar-refractivity contribution in [2.45, 2.75) is 52.5 Å². The molecule has 3 aromatic rings. The summed E-state index contributed by atoms with van der Waals surface area (Å²) in [6.45, 7) is 10.6. The first-order valence-electron chi connectivity index (χ1n) is 11.4. The van der Waals surface area contributed by atoms with Gasteiger partial charge in [-0.1, -0.05) is 25.1 Å². The lowest BCUT2D eigenvalue weighted by Crippen LogP contribution is -2.16. The molecule has 3 rings (SSSR count). The molecular formula is C27H30N4O3S. The van der Waals surface area contributed by atoms with Crippen molar-refractivity contribution >= 4 is 33.4 Å². The van der Waals surface area contributed by atoms with E-state index in [0.717, 1.165) is 41.0 Å². The van der Waals surface area contributed by atoms with Gasteiger partial charge in [-0.3, -0.25) is 9.52 Å². The summed E-state index contributed by atoms with van der Waals surface area (Å²) in [5.74, 6) is -0.558. The zero-order chi connectivity index (χ0) is 25.8. The van der Waals surface area contributed by atoms with Crippen LogP contribution in [0.1, 0.15) is 41.4 Å². The van der Waals surface area contributed by atoms with Gasteiger partial charge in [-0.25, -0.2) is 8.42 Å². The molecule has 1 heterocycles. The normalized spacial score (nSPS) is 11.7. The molecule has 0 aliphatic heterocycles. The van der Waals surface area contributed by atoms with Gasteiger partial charge in [-0.2, -0.15) is 5.26 Å². The molecule has 0 atom stereocenters. The average Bonchev–Trinajstić information content (AvgIpc) is 3.08. The Morgan fingerprint density at radius 3 is 2.26 bits per heavy atom. The van der Waals surface area contributed by atoms with Gasteiger partial charge in [0.25, 0.3) is 15.9 Å². The highest BCUT2D eigenvalue weighted by atomic mass is 32.2. The second-order valence-corrected chi connectivity index (χ2v) is 10.2. The van der Waals surface area contributed by atoms with Crippen LogP contribution >= 0.6 is 0 Å². The number of amides is 1. The number of nitrogens with one attached hydrogen (secondary N) is 2. The summed E-state index contributed by atoms with van der Waals surface area (Å²) < 4.78 is 30.5. The molecule has 0 unspecified atom stereocenters. The number of hydrogen-bond acceptors (Lipinski definition) is 4. The number of rotatable bonds is 8. The molecule has 0 bridgehead atoms. The number of anilines is 2. The Labute approximate surface area is 207 Å². The summed E-state index contributed by atoms with van der Waals surface area (Å²) in [7, 11) is -3.81. The van der Waals surface area contributed by atoms with E-state index in [0.29, 0.717) is 11.4 Å². The zero-order valence-corrected chi connectivity index (χ0v) is 21.5. The standard InChI is InChI=1S/C27H30N4O3S/c1-6-14-31-20(4)15-22(21(31)5)16-23(17-28)27(32)29-24-10-12-25(13-11-24)35(33,34)30-26-18(2)8-7-9-19(26)3/h7-13,15-16,30H,6,14H2,1-5H3,(H,29,32)/b23-16-. The van der Waals surface area contributed by atoms with Gasteiger partial charge >= 0.3 is 0 Å². The summed E-state index contributed by atoms with van der Waals surface area (Å²) in [6.07, 6.45) is 2.56. The molecule has 0 fully saturated rings. The highest BCUT2D eigenvalue weighted by Crippen LogP contribution is 2.24. The summed E-state index contributed by atoms with van der Waals surface area (Å²) in [6, 6.07) is 15.3. The van der Waals surface area contributed by atoms with Crippen molar-refractivity contribution in [1.82, 2.24) is 4.57 Å². The van der Waals surface area contributed by atoms with E-state index in [9.17, 15) is 18.5 Å². The van der Waals surface area contributed by atoms with Crippen molar-refractivity contribution in [2.75, 3.05) is 10.0 Å². The second-order valence-electron chi connectivity index (χ2n) is 8.50. The lowest BCUT2D eigenvalue weighted by molar-refractivity contribution is -0.112. The summed E-state index contributed by atoms with van der Waals surface area (Å²) in [5.41, 5.74) is 5.44. The van der Waals surface area contributed by atoms with Crippen molar-refractivity contribution in [3.8, 4) is 6.07 Å². The molecule has 2 aromatic carbocycles. The number of sulfonamides is 1. The topological polar surface area (TPSA) is 104 Å². The van der Waals surface area contributed by atoms with E-state index in [1.807, 2.05) is 58.0 Å². The fourth-order valence-corrected chi connectivity index (χ4v) is 5.13. The third-order valence-corrected chi connectivity index (χ3v) is 7.23. The van der Waals surface area contributed by atoms with E-state index in [1.165, 1.54) is 24.3 Å². The van der Waals surface area contributed by atoms with Gasteiger partial charge in [-0.05, 0) is 87.2 Å². The van der Waals surface area contributed by atoms with E-state index < -0.39 is 15.9 Å². The van der Waals surface area contributed by atoms with Gasteiger partial charge < -0.3 is 9.88 Å². The van der Waals surface area contributed by atoms with Crippen LogP contribution in [0.25, 0.3) is 6.08 Å². The number of para-hydroxylation sites is 1. The number of nitrogens with zero attached hydrogens (tertiary/aromatic N) is 2. The number of carbonyl (C=O) groups is 1. The van der Waals surface area contributed by atoms with Crippen LogP contribution in [0, 0.1) is 39.0 Å². The largest absolute Gasteiger partial charge is 0.349 e. The Kier molecular flexibility index (Phi) is 7.82. The number of hydrogen-bond donors (Lipinski definition) is 2. The van der Waals surface area contributed by atoms with Crippen molar-refractivity contribution < 1.29 is 13.2 Å². The average molecular weight is 491 g/mol. The SMILES string of the molecule is CCCn1c(C)cc(/C=C(/C#N)C(=O)Nc2ccc(S(=O)(=O)Nc3c(C)cccc3C)cc2)c1C. The number of aryl methyl sites for hydroxylation is 3. The Balaban J connectivity index is 1.78. The number of benzene rings is 2. The van der Waals surface area contributed by atoms with Gasteiger partial charge in [0.15, 0.2) is 0 Å². The van der Waals surface area contributed by atoms with E-state index in [2.05, 4.69) is 21.5 Å². The van der Waals surface area contributed by atoms with Gasteiger partial charge in [0.1, 0.15) is 11.6 Å². The minimum atomic E-state index is -3.81. The predicted molar refractivity (Wildman–Crippen MR) is 140 cm³/mol. The van der Waals surface area contributed by atoms with Crippen LogP contribution in [0.5, 0.6) is 0 Å². The van der Waals surface area contributed by atoms with E-state index in [1.54, 1.807) is 6.08 Å². The number of carbonyl (C=O) groups excluding carboxylic acids is 1. The maximum Gasteiger partial charge on any atom is 0.266 e. The molecule has 0 aliphatic carbocycles. The Hall–Kier alpha value is -3.83. The number of aromatic nitrogens is 1. The molecule has 0 aliphatic rings. The van der Waals surface area contributed by atoms with Crippen LogP contribution in [0.15, 0.2) is 59.0 Å². The molecule has 7 nitrogen and oxygen atoms in total. The summed E-state index contributed by atoms with van der Waals surface area (Å²) >= 11 is 0. The van der Waals surface area contributed by atoms with Crippen molar-refractivity contribution in [3.63, 3.8) is 0 Å². The predicted octanol–water partition coefficient (Wildman–Crippen LogP) is 5.48. The fourth-order valence-electron chi connectivity index (χ4n) is 3.93. The van der Waals surface area contributed by atoms with Crippen LogP contribution in [0.4, 0.5) is 11.4 Å². The quantitative estimate of drug-likeness (QED) is 0.322. The highest BCUT2D eigenvalue weighted by Gasteiger charge is 2.17. The molecule has 8 heteroatoms. The van der Waals surface area contributed by atoms with E-state index >= 15 is 0 Å². The minimum Gasteiger partial charge on any atom is -0.349 e.